The Labute approximate surface area is 168 Å². The third-order valence-electron chi connectivity index (χ3n) is 5.45. The Hall–Kier alpha value is -2.73. The average molecular weight is 390 g/mol. The van der Waals surface area contributed by atoms with Crippen molar-refractivity contribution in [3.05, 3.63) is 54.5 Å². The Morgan fingerprint density at radius 3 is 2.89 bits per heavy atom. The molecule has 6 heteroatoms. The van der Waals surface area contributed by atoms with Crippen molar-refractivity contribution in [3.63, 3.8) is 0 Å². The quantitative estimate of drug-likeness (QED) is 0.491. The van der Waals surface area contributed by atoms with Crippen LogP contribution in [0.15, 0.2) is 43.4 Å². The zero-order valence-corrected chi connectivity index (χ0v) is 16.6. The Kier molecular flexibility index (Phi) is 4.56. The normalized spacial score (nSPS) is 15.3. The van der Waals surface area contributed by atoms with Crippen LogP contribution in [0, 0.1) is 0 Å². The second-order valence-corrected chi connectivity index (χ2v) is 8.52. The van der Waals surface area contributed by atoms with E-state index in [2.05, 4.69) is 44.6 Å². The number of benzene rings is 1. The standard InChI is InChI=1S/C22H23N5S/c1-2-15-10-19-21(23-12-15)27(14-24-19)13-16-8-9-18-20(11-16)28-22(26-18)25-17-6-4-3-5-7-17/h2,8-12,14,17H,1,3-7,13H2,(H,25,26). The van der Waals surface area contributed by atoms with Crippen LogP contribution in [0.1, 0.15) is 43.2 Å². The van der Waals surface area contributed by atoms with Gasteiger partial charge in [-0.25, -0.2) is 15.0 Å². The molecule has 0 saturated heterocycles. The number of hydrogen-bond donors (Lipinski definition) is 1. The van der Waals surface area contributed by atoms with Crippen LogP contribution in [-0.4, -0.2) is 25.6 Å². The van der Waals surface area contributed by atoms with Crippen molar-refractivity contribution in [1.29, 1.82) is 0 Å². The number of fused-ring (bicyclic) bond motifs is 2. The molecule has 142 valence electrons. The SMILES string of the molecule is C=Cc1cnc2c(c1)ncn2Cc1ccc2nc(NC3CCCCC3)sc2c1. The van der Waals surface area contributed by atoms with Crippen LogP contribution in [0.2, 0.25) is 0 Å². The van der Waals surface area contributed by atoms with Crippen LogP contribution in [-0.2, 0) is 6.54 Å². The zero-order chi connectivity index (χ0) is 18.9. The predicted molar refractivity (Wildman–Crippen MR) is 117 cm³/mol. The molecule has 28 heavy (non-hydrogen) atoms. The lowest BCUT2D eigenvalue weighted by Gasteiger charge is -2.22. The van der Waals surface area contributed by atoms with Gasteiger partial charge in [0, 0.05) is 12.2 Å². The molecule has 4 aromatic rings. The van der Waals surface area contributed by atoms with Gasteiger partial charge in [-0.2, -0.15) is 0 Å². The highest BCUT2D eigenvalue weighted by atomic mass is 32.1. The van der Waals surface area contributed by atoms with Crippen LogP contribution in [0.5, 0.6) is 0 Å². The van der Waals surface area contributed by atoms with Crippen LogP contribution in [0.25, 0.3) is 27.5 Å². The van der Waals surface area contributed by atoms with Gasteiger partial charge < -0.3 is 9.88 Å². The summed E-state index contributed by atoms with van der Waals surface area (Å²) in [6.45, 7) is 4.54. The molecule has 1 aliphatic rings. The summed E-state index contributed by atoms with van der Waals surface area (Å²) < 4.78 is 3.31. The van der Waals surface area contributed by atoms with E-state index in [1.165, 1.54) is 42.4 Å². The molecule has 1 fully saturated rings. The monoisotopic (exact) mass is 389 g/mol. The molecule has 5 rings (SSSR count). The fourth-order valence-electron chi connectivity index (χ4n) is 3.94. The number of hydrogen-bond acceptors (Lipinski definition) is 5. The molecule has 5 nitrogen and oxygen atoms in total. The van der Waals surface area contributed by atoms with E-state index in [1.54, 1.807) is 17.4 Å². The molecular formula is C22H23N5S. The molecule has 1 saturated carbocycles. The summed E-state index contributed by atoms with van der Waals surface area (Å²) in [7, 11) is 0. The van der Waals surface area contributed by atoms with Crippen molar-refractivity contribution >= 4 is 43.9 Å². The number of rotatable bonds is 5. The van der Waals surface area contributed by atoms with E-state index >= 15 is 0 Å². The van der Waals surface area contributed by atoms with Gasteiger partial charge >= 0.3 is 0 Å². The first-order chi connectivity index (χ1) is 13.8. The lowest BCUT2D eigenvalue weighted by molar-refractivity contribution is 0.462. The number of aromatic nitrogens is 4. The molecule has 1 N–H and O–H groups in total. The van der Waals surface area contributed by atoms with Crippen molar-refractivity contribution in [2.24, 2.45) is 0 Å². The molecule has 0 unspecified atom stereocenters. The van der Waals surface area contributed by atoms with Gasteiger partial charge in [-0.1, -0.05) is 49.3 Å². The highest BCUT2D eigenvalue weighted by Gasteiger charge is 2.15. The van der Waals surface area contributed by atoms with E-state index in [0.29, 0.717) is 6.04 Å². The minimum Gasteiger partial charge on any atom is -0.359 e. The van der Waals surface area contributed by atoms with Gasteiger partial charge in [-0.05, 0) is 42.2 Å². The van der Waals surface area contributed by atoms with Crippen LogP contribution >= 0.6 is 11.3 Å². The molecule has 0 spiro atoms. The summed E-state index contributed by atoms with van der Waals surface area (Å²) in [6.07, 6.45) is 12.0. The number of nitrogens with zero attached hydrogens (tertiary/aromatic N) is 4. The maximum atomic E-state index is 4.78. The molecule has 0 bridgehead atoms. The summed E-state index contributed by atoms with van der Waals surface area (Å²) >= 11 is 1.75. The first-order valence-corrected chi connectivity index (χ1v) is 10.7. The molecule has 0 radical (unpaired) electrons. The van der Waals surface area contributed by atoms with Crippen molar-refractivity contribution in [2.75, 3.05) is 5.32 Å². The van der Waals surface area contributed by atoms with E-state index < -0.39 is 0 Å². The molecule has 0 aliphatic heterocycles. The first kappa shape index (κ1) is 17.4. The fraction of sp³-hybridized carbons (Fsp3) is 0.318. The van der Waals surface area contributed by atoms with Crippen LogP contribution in [0.3, 0.4) is 0 Å². The summed E-state index contributed by atoms with van der Waals surface area (Å²) in [5.41, 5.74) is 5.08. The summed E-state index contributed by atoms with van der Waals surface area (Å²) in [4.78, 5) is 13.8. The zero-order valence-electron chi connectivity index (χ0n) is 15.8. The maximum absolute atomic E-state index is 4.78. The van der Waals surface area contributed by atoms with Gasteiger partial charge in [0.05, 0.1) is 23.1 Å². The number of nitrogens with one attached hydrogen (secondary N) is 1. The maximum Gasteiger partial charge on any atom is 0.184 e. The lowest BCUT2D eigenvalue weighted by atomic mass is 9.96. The van der Waals surface area contributed by atoms with Crippen molar-refractivity contribution < 1.29 is 0 Å². The van der Waals surface area contributed by atoms with Crippen LogP contribution in [0.4, 0.5) is 5.13 Å². The van der Waals surface area contributed by atoms with E-state index in [1.807, 2.05) is 18.6 Å². The lowest BCUT2D eigenvalue weighted by Crippen LogP contribution is -2.21. The van der Waals surface area contributed by atoms with Crippen molar-refractivity contribution in [1.82, 2.24) is 19.5 Å². The van der Waals surface area contributed by atoms with Gasteiger partial charge in [0.15, 0.2) is 10.8 Å². The van der Waals surface area contributed by atoms with Gasteiger partial charge in [-0.15, -0.1) is 0 Å². The van der Waals surface area contributed by atoms with Gasteiger partial charge in [0.2, 0.25) is 0 Å². The average Bonchev–Trinajstić information content (AvgIpc) is 3.31. The van der Waals surface area contributed by atoms with E-state index in [4.69, 9.17) is 4.98 Å². The molecule has 3 heterocycles. The molecule has 0 amide bonds. The van der Waals surface area contributed by atoms with E-state index in [-0.39, 0.29) is 0 Å². The second kappa shape index (κ2) is 7.36. The minimum absolute atomic E-state index is 0.581. The third kappa shape index (κ3) is 3.40. The smallest absolute Gasteiger partial charge is 0.184 e. The van der Waals surface area contributed by atoms with Gasteiger partial charge in [0.25, 0.3) is 0 Å². The molecule has 0 atom stereocenters. The van der Waals surface area contributed by atoms with Crippen LogP contribution < -0.4 is 5.32 Å². The Morgan fingerprint density at radius 2 is 2.04 bits per heavy atom. The van der Waals surface area contributed by atoms with Crippen molar-refractivity contribution in [2.45, 2.75) is 44.7 Å². The van der Waals surface area contributed by atoms with E-state index in [0.717, 1.165) is 33.9 Å². The minimum atomic E-state index is 0.581. The number of imidazole rings is 1. The Bertz CT molecular complexity index is 1140. The first-order valence-electron chi connectivity index (χ1n) is 9.88. The molecule has 3 aromatic heterocycles. The molecule has 1 aliphatic carbocycles. The number of pyridine rings is 1. The molecule has 1 aromatic carbocycles. The second-order valence-electron chi connectivity index (χ2n) is 7.49. The summed E-state index contributed by atoms with van der Waals surface area (Å²) in [5, 5.41) is 4.69. The van der Waals surface area contributed by atoms with Gasteiger partial charge in [0.1, 0.15) is 5.52 Å². The number of thiazole rings is 1. The van der Waals surface area contributed by atoms with E-state index in [9.17, 15) is 0 Å². The topological polar surface area (TPSA) is 55.6 Å². The fourth-order valence-corrected chi connectivity index (χ4v) is 4.95. The summed E-state index contributed by atoms with van der Waals surface area (Å²) in [5.74, 6) is 0. The molecular weight excluding hydrogens is 366 g/mol. The highest BCUT2D eigenvalue weighted by Crippen LogP contribution is 2.30. The number of anilines is 1. The van der Waals surface area contributed by atoms with Gasteiger partial charge in [-0.3, -0.25) is 0 Å². The Morgan fingerprint density at radius 1 is 1.14 bits per heavy atom. The summed E-state index contributed by atoms with van der Waals surface area (Å²) in [6, 6.07) is 9.11. The Balaban J connectivity index is 1.38. The highest BCUT2D eigenvalue weighted by molar-refractivity contribution is 7.22. The largest absolute Gasteiger partial charge is 0.359 e. The van der Waals surface area contributed by atoms with Crippen molar-refractivity contribution in [3.8, 4) is 0 Å². The predicted octanol–water partition coefficient (Wildman–Crippen LogP) is 5.48. The third-order valence-corrected chi connectivity index (χ3v) is 6.40.